The molecule has 3 heteroatoms. The fourth-order valence-electron chi connectivity index (χ4n) is 2.21. The Bertz CT molecular complexity index is 635. The highest BCUT2D eigenvalue weighted by Crippen LogP contribution is 2.19. The van der Waals surface area contributed by atoms with E-state index in [1.807, 2.05) is 18.2 Å². The van der Waals surface area contributed by atoms with Crippen LogP contribution in [0.5, 0.6) is 0 Å². The Morgan fingerprint density at radius 2 is 1.90 bits per heavy atom. The molecule has 0 aliphatic rings. The number of hydrogen-bond donors (Lipinski definition) is 1. The molecule has 0 amide bonds. The van der Waals surface area contributed by atoms with Crippen molar-refractivity contribution in [3.8, 4) is 0 Å². The molecule has 2 N–H and O–H groups in total. The van der Waals surface area contributed by atoms with Gasteiger partial charge in [0.1, 0.15) is 4.99 Å². The first-order chi connectivity index (χ1) is 9.47. The number of anilines is 1. The van der Waals surface area contributed by atoms with Crippen molar-refractivity contribution in [3.63, 3.8) is 0 Å². The van der Waals surface area contributed by atoms with E-state index in [0.29, 0.717) is 4.99 Å². The van der Waals surface area contributed by atoms with Crippen LogP contribution in [0.3, 0.4) is 0 Å². The lowest BCUT2D eigenvalue weighted by molar-refractivity contribution is 0.912. The van der Waals surface area contributed by atoms with Gasteiger partial charge in [-0.2, -0.15) is 0 Å². The summed E-state index contributed by atoms with van der Waals surface area (Å²) in [5.74, 6) is 0. The molecule has 2 aromatic rings. The van der Waals surface area contributed by atoms with E-state index in [4.69, 9.17) is 18.0 Å². The van der Waals surface area contributed by atoms with E-state index >= 15 is 0 Å². The summed E-state index contributed by atoms with van der Waals surface area (Å²) in [6.45, 7) is 5.14. The summed E-state index contributed by atoms with van der Waals surface area (Å²) in [6, 6.07) is 14.6. The second kappa shape index (κ2) is 6.06. The zero-order valence-corrected chi connectivity index (χ0v) is 13.0. The first-order valence-corrected chi connectivity index (χ1v) is 7.05. The van der Waals surface area contributed by atoms with Gasteiger partial charge < -0.3 is 10.6 Å². The molecule has 0 aliphatic carbocycles. The van der Waals surface area contributed by atoms with E-state index in [9.17, 15) is 0 Å². The lowest BCUT2D eigenvalue weighted by Gasteiger charge is -2.21. The summed E-state index contributed by atoms with van der Waals surface area (Å²) in [5, 5.41) is 0. The molecular formula is C17H20N2S. The molecule has 0 fully saturated rings. The third-order valence-corrected chi connectivity index (χ3v) is 3.72. The highest BCUT2D eigenvalue weighted by atomic mass is 32.1. The molecule has 0 aromatic heterocycles. The van der Waals surface area contributed by atoms with Crippen molar-refractivity contribution >= 4 is 22.9 Å². The van der Waals surface area contributed by atoms with Gasteiger partial charge in [0.05, 0.1) is 0 Å². The summed E-state index contributed by atoms with van der Waals surface area (Å²) in [6.07, 6.45) is 0. The Balaban J connectivity index is 2.23. The van der Waals surface area contributed by atoms with Crippen LogP contribution < -0.4 is 10.6 Å². The van der Waals surface area contributed by atoms with E-state index in [-0.39, 0.29) is 0 Å². The van der Waals surface area contributed by atoms with Crippen molar-refractivity contribution in [2.75, 3.05) is 11.9 Å². The van der Waals surface area contributed by atoms with E-state index in [1.165, 1.54) is 16.7 Å². The van der Waals surface area contributed by atoms with E-state index in [2.05, 4.69) is 50.1 Å². The topological polar surface area (TPSA) is 29.3 Å². The Morgan fingerprint density at radius 3 is 2.60 bits per heavy atom. The molecule has 2 aromatic carbocycles. The van der Waals surface area contributed by atoms with Gasteiger partial charge in [-0.05, 0) is 37.1 Å². The van der Waals surface area contributed by atoms with Crippen LogP contribution in [-0.2, 0) is 6.54 Å². The van der Waals surface area contributed by atoms with Crippen molar-refractivity contribution in [3.05, 3.63) is 64.7 Å². The highest BCUT2D eigenvalue weighted by Gasteiger charge is 2.06. The summed E-state index contributed by atoms with van der Waals surface area (Å²) in [7, 11) is 2.08. The highest BCUT2D eigenvalue weighted by molar-refractivity contribution is 7.80. The van der Waals surface area contributed by atoms with Crippen LogP contribution in [-0.4, -0.2) is 12.0 Å². The Labute approximate surface area is 126 Å². The number of benzene rings is 2. The number of thiocarbonyl (C=S) groups is 1. The van der Waals surface area contributed by atoms with Crippen molar-refractivity contribution in [2.24, 2.45) is 5.73 Å². The fourth-order valence-corrected chi connectivity index (χ4v) is 2.34. The largest absolute Gasteiger partial charge is 0.389 e. The van der Waals surface area contributed by atoms with E-state index in [1.54, 1.807) is 0 Å². The van der Waals surface area contributed by atoms with Crippen LogP contribution in [0.4, 0.5) is 5.69 Å². The van der Waals surface area contributed by atoms with Crippen LogP contribution >= 0.6 is 12.2 Å². The van der Waals surface area contributed by atoms with Gasteiger partial charge in [0.25, 0.3) is 0 Å². The van der Waals surface area contributed by atoms with Crippen LogP contribution in [0.2, 0.25) is 0 Å². The minimum Gasteiger partial charge on any atom is -0.389 e. The van der Waals surface area contributed by atoms with E-state index < -0.39 is 0 Å². The zero-order valence-electron chi connectivity index (χ0n) is 12.2. The normalized spacial score (nSPS) is 10.3. The number of nitrogens with two attached hydrogens (primary N) is 1. The standard InChI is InChI=1S/C17H20N2S/c1-12-7-8-13(2)15(9-12)11-19(3)16-6-4-5-14(10-16)17(18)20/h4-10H,11H2,1-3H3,(H2,18,20). The number of nitrogens with zero attached hydrogens (tertiary/aromatic N) is 1. The first kappa shape index (κ1) is 14.5. The molecule has 0 aliphatic heterocycles. The van der Waals surface area contributed by atoms with Gasteiger partial charge in [0, 0.05) is 24.8 Å². The number of aryl methyl sites for hydroxylation is 2. The lowest BCUT2D eigenvalue weighted by Crippen LogP contribution is -2.18. The van der Waals surface area contributed by atoms with Crippen LogP contribution in [0.15, 0.2) is 42.5 Å². The minimum atomic E-state index is 0.437. The van der Waals surface area contributed by atoms with Gasteiger partial charge in [0.2, 0.25) is 0 Å². The Hall–Kier alpha value is -1.87. The molecule has 2 nitrogen and oxygen atoms in total. The maximum absolute atomic E-state index is 5.69. The van der Waals surface area contributed by atoms with Crippen LogP contribution in [0.1, 0.15) is 22.3 Å². The molecule has 0 saturated heterocycles. The third kappa shape index (κ3) is 3.36. The van der Waals surface area contributed by atoms with Crippen molar-refractivity contribution in [2.45, 2.75) is 20.4 Å². The van der Waals surface area contributed by atoms with Gasteiger partial charge in [-0.25, -0.2) is 0 Å². The zero-order chi connectivity index (χ0) is 14.7. The second-order valence-corrected chi connectivity index (χ2v) is 5.64. The summed E-state index contributed by atoms with van der Waals surface area (Å²) in [4.78, 5) is 2.65. The smallest absolute Gasteiger partial charge is 0.104 e. The van der Waals surface area contributed by atoms with E-state index in [0.717, 1.165) is 17.8 Å². The van der Waals surface area contributed by atoms with Crippen molar-refractivity contribution in [1.82, 2.24) is 0 Å². The van der Waals surface area contributed by atoms with Crippen LogP contribution in [0.25, 0.3) is 0 Å². The molecule has 0 radical (unpaired) electrons. The Kier molecular flexibility index (Phi) is 4.40. The number of rotatable bonds is 4. The van der Waals surface area contributed by atoms with Crippen LogP contribution in [0, 0.1) is 13.8 Å². The molecule has 2 rings (SSSR count). The molecule has 104 valence electrons. The molecule has 20 heavy (non-hydrogen) atoms. The molecule has 0 bridgehead atoms. The number of hydrogen-bond acceptors (Lipinski definition) is 2. The predicted octanol–water partition coefficient (Wildman–Crippen LogP) is 3.57. The molecular weight excluding hydrogens is 264 g/mol. The molecule has 0 spiro atoms. The molecule has 0 saturated carbocycles. The average molecular weight is 284 g/mol. The first-order valence-electron chi connectivity index (χ1n) is 6.64. The van der Waals surface area contributed by atoms with Gasteiger partial charge in [-0.3, -0.25) is 0 Å². The summed E-state index contributed by atoms with van der Waals surface area (Å²) < 4.78 is 0. The average Bonchev–Trinajstić information content (AvgIpc) is 2.43. The van der Waals surface area contributed by atoms with Gasteiger partial charge in [0.15, 0.2) is 0 Å². The second-order valence-electron chi connectivity index (χ2n) is 5.20. The molecule has 0 unspecified atom stereocenters. The fraction of sp³-hybridized carbons (Fsp3) is 0.235. The monoisotopic (exact) mass is 284 g/mol. The van der Waals surface area contributed by atoms with Gasteiger partial charge >= 0.3 is 0 Å². The predicted molar refractivity (Wildman–Crippen MR) is 90.4 cm³/mol. The van der Waals surface area contributed by atoms with Crippen molar-refractivity contribution in [1.29, 1.82) is 0 Å². The van der Waals surface area contributed by atoms with Crippen molar-refractivity contribution < 1.29 is 0 Å². The third-order valence-electron chi connectivity index (χ3n) is 3.48. The summed E-state index contributed by atoms with van der Waals surface area (Å²) >= 11 is 5.04. The maximum Gasteiger partial charge on any atom is 0.104 e. The maximum atomic E-state index is 5.69. The molecule has 0 heterocycles. The van der Waals surface area contributed by atoms with Gasteiger partial charge in [-0.1, -0.05) is 48.1 Å². The Morgan fingerprint density at radius 1 is 1.15 bits per heavy atom. The lowest BCUT2D eigenvalue weighted by atomic mass is 10.0. The molecule has 0 atom stereocenters. The SMILES string of the molecule is Cc1ccc(C)c(CN(C)c2cccc(C(N)=S)c2)c1. The quantitative estimate of drug-likeness (QED) is 0.870. The summed E-state index contributed by atoms with van der Waals surface area (Å²) in [5.41, 5.74) is 11.7. The minimum absolute atomic E-state index is 0.437. The van der Waals surface area contributed by atoms with Gasteiger partial charge in [-0.15, -0.1) is 0 Å².